The fourth-order valence-corrected chi connectivity index (χ4v) is 2.51. The number of ether oxygens (including phenoxy) is 1. The highest BCUT2D eigenvalue weighted by molar-refractivity contribution is 5.85. The molecule has 20 heavy (non-hydrogen) atoms. The first-order valence-corrected chi connectivity index (χ1v) is 7.22. The molecule has 0 aliphatic heterocycles. The fraction of sp³-hybridized carbons (Fsp3) is 0.562. The van der Waals surface area contributed by atoms with Crippen LogP contribution in [-0.2, 0) is 4.79 Å². The Labute approximate surface area is 120 Å². The van der Waals surface area contributed by atoms with E-state index >= 15 is 0 Å². The Bertz CT molecular complexity index is 467. The van der Waals surface area contributed by atoms with Crippen LogP contribution in [0.1, 0.15) is 38.2 Å². The lowest BCUT2D eigenvalue weighted by atomic mass is 10.0. The van der Waals surface area contributed by atoms with Crippen LogP contribution < -0.4 is 10.1 Å². The molecule has 1 fully saturated rings. The first kappa shape index (κ1) is 14.9. The van der Waals surface area contributed by atoms with Crippen LogP contribution in [0.15, 0.2) is 24.3 Å². The van der Waals surface area contributed by atoms with E-state index in [0.717, 1.165) is 24.2 Å². The minimum absolute atomic E-state index is 0.132. The van der Waals surface area contributed by atoms with Crippen LogP contribution in [0, 0.1) is 6.92 Å². The molecule has 1 atom stereocenters. The Hall–Kier alpha value is -1.55. The van der Waals surface area contributed by atoms with E-state index in [1.807, 2.05) is 38.1 Å². The molecule has 1 amide bonds. The van der Waals surface area contributed by atoms with Crippen molar-refractivity contribution in [1.82, 2.24) is 5.32 Å². The Balaban J connectivity index is 1.80. The van der Waals surface area contributed by atoms with E-state index < -0.39 is 5.60 Å². The van der Waals surface area contributed by atoms with E-state index in [1.165, 1.54) is 0 Å². The van der Waals surface area contributed by atoms with Crippen LogP contribution >= 0.6 is 0 Å². The van der Waals surface area contributed by atoms with Gasteiger partial charge in [-0.25, -0.2) is 0 Å². The second-order valence-electron chi connectivity index (χ2n) is 5.74. The van der Waals surface area contributed by atoms with Gasteiger partial charge in [0.2, 0.25) is 0 Å². The van der Waals surface area contributed by atoms with Crippen molar-refractivity contribution in [2.75, 3.05) is 6.61 Å². The van der Waals surface area contributed by atoms with E-state index in [1.54, 1.807) is 0 Å². The lowest BCUT2D eigenvalue weighted by Crippen LogP contribution is -2.49. The van der Waals surface area contributed by atoms with Gasteiger partial charge in [-0.3, -0.25) is 4.79 Å². The summed E-state index contributed by atoms with van der Waals surface area (Å²) < 4.78 is 5.65. The van der Waals surface area contributed by atoms with Crippen molar-refractivity contribution >= 4 is 5.91 Å². The van der Waals surface area contributed by atoms with Crippen molar-refractivity contribution in [3.8, 4) is 5.75 Å². The topological polar surface area (TPSA) is 58.6 Å². The minimum Gasteiger partial charge on any atom is -0.491 e. The molecule has 0 saturated heterocycles. The molecule has 1 aromatic carbocycles. The molecule has 2 rings (SSSR count). The van der Waals surface area contributed by atoms with Crippen LogP contribution in [0.3, 0.4) is 0 Å². The van der Waals surface area contributed by atoms with Gasteiger partial charge in [0.1, 0.15) is 18.0 Å². The summed E-state index contributed by atoms with van der Waals surface area (Å²) >= 11 is 0. The lowest BCUT2D eigenvalue weighted by Gasteiger charge is -2.24. The number of nitrogens with one attached hydrogen (secondary N) is 1. The normalized spacial score (nSPS) is 18.6. The van der Waals surface area contributed by atoms with Gasteiger partial charge in [0.05, 0.1) is 6.04 Å². The van der Waals surface area contributed by atoms with Crippen LogP contribution in [0.25, 0.3) is 0 Å². The molecule has 0 radical (unpaired) electrons. The molecule has 1 aromatic rings. The second kappa shape index (κ2) is 6.27. The van der Waals surface area contributed by atoms with Crippen molar-refractivity contribution in [2.24, 2.45) is 0 Å². The summed E-state index contributed by atoms with van der Waals surface area (Å²) in [5.41, 5.74) is -0.0307. The van der Waals surface area contributed by atoms with Crippen molar-refractivity contribution < 1.29 is 14.6 Å². The maximum atomic E-state index is 12.0. The van der Waals surface area contributed by atoms with E-state index in [2.05, 4.69) is 5.32 Å². The van der Waals surface area contributed by atoms with Crippen LogP contribution in [0.5, 0.6) is 5.75 Å². The molecule has 4 heteroatoms. The van der Waals surface area contributed by atoms with Gasteiger partial charge in [0.25, 0.3) is 5.91 Å². The Kier molecular flexibility index (Phi) is 4.65. The summed E-state index contributed by atoms with van der Waals surface area (Å²) in [5.74, 6) is 0.529. The maximum absolute atomic E-state index is 12.0. The molecule has 0 bridgehead atoms. The predicted molar refractivity (Wildman–Crippen MR) is 77.7 cm³/mol. The third-order valence-electron chi connectivity index (χ3n) is 3.72. The number of amides is 1. The molecule has 4 nitrogen and oxygen atoms in total. The minimum atomic E-state index is -1.17. The fourth-order valence-electron chi connectivity index (χ4n) is 2.51. The molecule has 1 aliphatic carbocycles. The summed E-state index contributed by atoms with van der Waals surface area (Å²) in [6.07, 6.45) is 2.95. The number of carbonyl (C=O) groups is 1. The van der Waals surface area contributed by atoms with E-state index in [-0.39, 0.29) is 11.9 Å². The van der Waals surface area contributed by atoms with Gasteiger partial charge in [0, 0.05) is 0 Å². The Morgan fingerprint density at radius 1 is 1.45 bits per heavy atom. The largest absolute Gasteiger partial charge is 0.491 e. The number of carbonyl (C=O) groups excluding carboxylic acids is 1. The summed E-state index contributed by atoms with van der Waals surface area (Å²) in [6.45, 7) is 4.28. The zero-order valence-corrected chi connectivity index (χ0v) is 12.2. The summed E-state index contributed by atoms with van der Waals surface area (Å²) in [4.78, 5) is 12.0. The standard InChI is InChI=1S/C16H23NO3/c1-12-6-5-7-14(10-12)20-11-13(2)17-15(18)16(19)8-3-4-9-16/h5-7,10,13,19H,3-4,8-9,11H2,1-2H3,(H,17,18). The number of aryl methyl sites for hydroxylation is 1. The average molecular weight is 277 g/mol. The van der Waals surface area contributed by atoms with E-state index in [0.29, 0.717) is 19.4 Å². The van der Waals surface area contributed by atoms with E-state index in [4.69, 9.17) is 4.74 Å². The van der Waals surface area contributed by atoms with Gasteiger partial charge >= 0.3 is 0 Å². The van der Waals surface area contributed by atoms with Gasteiger partial charge in [-0.05, 0) is 57.2 Å². The highest BCUT2D eigenvalue weighted by atomic mass is 16.5. The first-order valence-electron chi connectivity index (χ1n) is 7.22. The average Bonchev–Trinajstić information content (AvgIpc) is 2.85. The SMILES string of the molecule is Cc1cccc(OCC(C)NC(=O)C2(O)CCCC2)c1. The van der Waals surface area contributed by atoms with Gasteiger partial charge < -0.3 is 15.2 Å². The third-order valence-corrected chi connectivity index (χ3v) is 3.72. The van der Waals surface area contributed by atoms with Crippen molar-refractivity contribution in [2.45, 2.75) is 51.2 Å². The monoisotopic (exact) mass is 277 g/mol. The summed E-state index contributed by atoms with van der Waals surface area (Å²) in [6, 6.07) is 7.67. The number of rotatable bonds is 5. The predicted octanol–water partition coefficient (Wildman–Crippen LogP) is 2.18. The molecular weight excluding hydrogens is 254 g/mol. The van der Waals surface area contributed by atoms with Gasteiger partial charge in [-0.15, -0.1) is 0 Å². The Morgan fingerprint density at radius 2 is 2.15 bits per heavy atom. The molecule has 0 heterocycles. The first-order chi connectivity index (χ1) is 9.49. The summed E-state index contributed by atoms with van der Waals surface area (Å²) in [7, 11) is 0. The summed E-state index contributed by atoms with van der Waals surface area (Å²) in [5, 5.41) is 13.0. The molecule has 1 aliphatic rings. The van der Waals surface area contributed by atoms with Crippen molar-refractivity contribution in [3.05, 3.63) is 29.8 Å². The number of aliphatic hydroxyl groups is 1. The Morgan fingerprint density at radius 3 is 2.80 bits per heavy atom. The highest BCUT2D eigenvalue weighted by Crippen LogP contribution is 2.29. The number of hydrogen-bond donors (Lipinski definition) is 2. The van der Waals surface area contributed by atoms with Crippen molar-refractivity contribution in [3.63, 3.8) is 0 Å². The molecule has 2 N–H and O–H groups in total. The van der Waals surface area contributed by atoms with Crippen molar-refractivity contribution in [1.29, 1.82) is 0 Å². The van der Waals surface area contributed by atoms with Crippen LogP contribution in [0.2, 0.25) is 0 Å². The van der Waals surface area contributed by atoms with E-state index in [9.17, 15) is 9.90 Å². The quantitative estimate of drug-likeness (QED) is 0.867. The van der Waals surface area contributed by atoms with Crippen LogP contribution in [0.4, 0.5) is 0 Å². The molecule has 0 spiro atoms. The molecule has 1 saturated carbocycles. The van der Waals surface area contributed by atoms with Gasteiger partial charge in [-0.2, -0.15) is 0 Å². The van der Waals surface area contributed by atoms with Gasteiger partial charge in [0.15, 0.2) is 0 Å². The molecule has 1 unspecified atom stereocenters. The number of benzene rings is 1. The van der Waals surface area contributed by atoms with Crippen LogP contribution in [-0.4, -0.2) is 29.3 Å². The maximum Gasteiger partial charge on any atom is 0.252 e. The number of hydrogen-bond acceptors (Lipinski definition) is 3. The molecule has 0 aromatic heterocycles. The smallest absolute Gasteiger partial charge is 0.252 e. The highest BCUT2D eigenvalue weighted by Gasteiger charge is 2.39. The lowest BCUT2D eigenvalue weighted by molar-refractivity contribution is -0.140. The zero-order chi connectivity index (χ0) is 14.6. The second-order valence-corrected chi connectivity index (χ2v) is 5.74. The third kappa shape index (κ3) is 3.73. The molecule has 110 valence electrons. The molecular formula is C16H23NO3. The zero-order valence-electron chi connectivity index (χ0n) is 12.2. The van der Waals surface area contributed by atoms with Gasteiger partial charge in [-0.1, -0.05) is 12.1 Å².